The lowest BCUT2D eigenvalue weighted by atomic mass is 10.2. The number of nitrogens with one attached hydrogen (secondary N) is 1. The molecule has 0 aliphatic carbocycles. The predicted octanol–water partition coefficient (Wildman–Crippen LogP) is 5.06. The van der Waals surface area contributed by atoms with Gasteiger partial charge in [0.25, 0.3) is 0 Å². The first-order valence-corrected chi connectivity index (χ1v) is 11.3. The summed E-state index contributed by atoms with van der Waals surface area (Å²) in [6.07, 6.45) is 1.76. The summed E-state index contributed by atoms with van der Waals surface area (Å²) in [7, 11) is 0. The summed E-state index contributed by atoms with van der Waals surface area (Å²) in [4.78, 5) is 15.6. The highest BCUT2D eigenvalue weighted by molar-refractivity contribution is 6.29. The van der Waals surface area contributed by atoms with Crippen LogP contribution < -0.4 is 15.1 Å². The number of hydrazone groups is 1. The lowest BCUT2D eigenvalue weighted by molar-refractivity contribution is 0.122. The molecule has 1 aliphatic rings. The van der Waals surface area contributed by atoms with Gasteiger partial charge in [-0.05, 0) is 42.8 Å². The van der Waals surface area contributed by atoms with Crippen molar-refractivity contribution in [1.29, 1.82) is 0 Å². The monoisotopic (exact) mass is 474 g/mol. The minimum Gasteiger partial charge on any atom is -0.424 e. The number of hydrogen-bond donors (Lipinski definition) is 1. The molecule has 0 spiro atoms. The second kappa shape index (κ2) is 10.0. The Kier molecular flexibility index (Phi) is 6.51. The maximum absolute atomic E-state index is 6.04. The third-order valence-corrected chi connectivity index (χ3v) is 5.51. The number of pyridine rings is 1. The van der Waals surface area contributed by atoms with Gasteiger partial charge in [-0.2, -0.15) is 15.1 Å². The third kappa shape index (κ3) is 5.41. The molecule has 2 aromatic heterocycles. The van der Waals surface area contributed by atoms with Crippen LogP contribution in [0.2, 0.25) is 5.15 Å². The molecule has 172 valence electrons. The number of benzene rings is 2. The number of hydrogen-bond acceptors (Lipinski definition) is 8. The van der Waals surface area contributed by atoms with E-state index in [9.17, 15) is 0 Å². The van der Waals surface area contributed by atoms with Gasteiger partial charge in [0, 0.05) is 24.5 Å². The number of anilines is 2. The van der Waals surface area contributed by atoms with Crippen LogP contribution in [0.3, 0.4) is 0 Å². The maximum Gasteiger partial charge on any atom is 0.325 e. The van der Waals surface area contributed by atoms with Crippen LogP contribution in [0.15, 0.2) is 65.8 Å². The zero-order valence-electron chi connectivity index (χ0n) is 18.6. The van der Waals surface area contributed by atoms with Gasteiger partial charge in [-0.3, -0.25) is 5.43 Å². The number of ether oxygens (including phenoxy) is 2. The molecule has 4 aromatic rings. The zero-order chi connectivity index (χ0) is 23.3. The highest BCUT2D eigenvalue weighted by Crippen LogP contribution is 2.27. The van der Waals surface area contributed by atoms with Gasteiger partial charge < -0.3 is 14.4 Å². The van der Waals surface area contributed by atoms with Crippen LogP contribution in [0.5, 0.6) is 11.8 Å². The Hall–Kier alpha value is -3.75. The van der Waals surface area contributed by atoms with Gasteiger partial charge in [0.2, 0.25) is 0 Å². The molecule has 1 aliphatic heterocycles. The molecule has 1 fully saturated rings. The molecule has 0 saturated carbocycles. The number of rotatable bonds is 6. The predicted molar refractivity (Wildman–Crippen MR) is 134 cm³/mol. The summed E-state index contributed by atoms with van der Waals surface area (Å²) in [5, 5.41) is 5.71. The second-order valence-electron chi connectivity index (χ2n) is 7.87. The van der Waals surface area contributed by atoms with Crippen molar-refractivity contribution >= 4 is 40.4 Å². The molecule has 1 N–H and O–H groups in total. The first-order chi connectivity index (χ1) is 16.6. The van der Waals surface area contributed by atoms with E-state index in [4.69, 9.17) is 21.1 Å². The van der Waals surface area contributed by atoms with E-state index in [0.29, 0.717) is 29.9 Å². The second-order valence-corrected chi connectivity index (χ2v) is 8.26. The van der Waals surface area contributed by atoms with E-state index < -0.39 is 0 Å². The Morgan fingerprint density at radius 3 is 2.76 bits per heavy atom. The molecule has 8 nitrogen and oxygen atoms in total. The lowest BCUT2D eigenvalue weighted by Crippen LogP contribution is -2.36. The van der Waals surface area contributed by atoms with Crippen molar-refractivity contribution in [2.45, 2.75) is 6.92 Å². The molecule has 1 saturated heterocycles. The minimum atomic E-state index is 0.221. The summed E-state index contributed by atoms with van der Waals surface area (Å²) < 4.78 is 11.5. The summed E-state index contributed by atoms with van der Waals surface area (Å²) in [6.45, 7) is 4.82. The van der Waals surface area contributed by atoms with E-state index in [-0.39, 0.29) is 6.01 Å². The van der Waals surface area contributed by atoms with Gasteiger partial charge in [0.1, 0.15) is 16.7 Å². The lowest BCUT2D eigenvalue weighted by Gasteiger charge is -2.28. The molecular formula is C25H23ClN6O2. The average Bonchev–Trinajstić information content (AvgIpc) is 2.85. The number of fused-ring (bicyclic) bond motifs is 1. The molecule has 0 amide bonds. The smallest absolute Gasteiger partial charge is 0.325 e. The Labute approximate surface area is 202 Å². The van der Waals surface area contributed by atoms with Crippen molar-refractivity contribution < 1.29 is 9.47 Å². The Balaban J connectivity index is 1.41. The fourth-order valence-electron chi connectivity index (χ4n) is 3.64. The standard InChI is InChI=1S/C25H23ClN6O2/c1-17-3-2-4-18(13-17)16-27-31-23-15-24(32-9-11-33-12-10-32)30-25(29-23)34-20-6-7-21-19(14-20)5-8-22(26)28-21/h2-8,13-16H,9-12H2,1H3,(H,29,30,31). The molecule has 0 unspecified atom stereocenters. The topological polar surface area (TPSA) is 84.8 Å². The first kappa shape index (κ1) is 22.1. The largest absolute Gasteiger partial charge is 0.424 e. The van der Waals surface area contributed by atoms with Crippen LogP contribution in [0.1, 0.15) is 11.1 Å². The van der Waals surface area contributed by atoms with E-state index in [1.54, 1.807) is 12.3 Å². The van der Waals surface area contributed by atoms with Gasteiger partial charge >= 0.3 is 6.01 Å². The molecule has 0 atom stereocenters. The number of aromatic nitrogens is 3. The summed E-state index contributed by atoms with van der Waals surface area (Å²) in [6, 6.07) is 19.4. The number of nitrogens with zero attached hydrogens (tertiary/aromatic N) is 5. The zero-order valence-corrected chi connectivity index (χ0v) is 19.4. The van der Waals surface area contributed by atoms with Crippen LogP contribution in [0, 0.1) is 6.92 Å². The maximum atomic E-state index is 6.04. The van der Waals surface area contributed by atoms with Crippen molar-refractivity contribution in [1.82, 2.24) is 15.0 Å². The van der Waals surface area contributed by atoms with E-state index in [1.165, 1.54) is 5.56 Å². The van der Waals surface area contributed by atoms with Gasteiger partial charge in [-0.25, -0.2) is 4.98 Å². The van der Waals surface area contributed by atoms with E-state index in [0.717, 1.165) is 35.4 Å². The highest BCUT2D eigenvalue weighted by atomic mass is 35.5. The third-order valence-electron chi connectivity index (χ3n) is 5.30. The number of morpholine rings is 1. The first-order valence-electron chi connectivity index (χ1n) is 10.9. The normalized spacial score (nSPS) is 14.0. The molecule has 2 aromatic carbocycles. The van der Waals surface area contributed by atoms with Crippen LogP contribution >= 0.6 is 11.6 Å². The molecule has 3 heterocycles. The van der Waals surface area contributed by atoms with Crippen molar-refractivity contribution in [2.75, 3.05) is 36.6 Å². The van der Waals surface area contributed by atoms with E-state index in [1.807, 2.05) is 55.5 Å². The van der Waals surface area contributed by atoms with Crippen molar-refractivity contribution in [3.8, 4) is 11.8 Å². The van der Waals surface area contributed by atoms with Crippen molar-refractivity contribution in [3.63, 3.8) is 0 Å². The summed E-state index contributed by atoms with van der Waals surface area (Å²) >= 11 is 5.99. The summed E-state index contributed by atoms with van der Waals surface area (Å²) in [5.74, 6) is 1.88. The number of aryl methyl sites for hydroxylation is 1. The summed E-state index contributed by atoms with van der Waals surface area (Å²) in [5.41, 5.74) is 5.96. The minimum absolute atomic E-state index is 0.221. The molecule has 5 rings (SSSR count). The van der Waals surface area contributed by atoms with Crippen LogP contribution in [0.4, 0.5) is 11.6 Å². The Morgan fingerprint density at radius 2 is 1.91 bits per heavy atom. The van der Waals surface area contributed by atoms with Crippen molar-refractivity contribution in [3.05, 3.63) is 76.9 Å². The molecule has 0 radical (unpaired) electrons. The quantitative estimate of drug-likeness (QED) is 0.237. The fraction of sp³-hybridized carbons (Fsp3) is 0.200. The molecule has 0 bridgehead atoms. The van der Waals surface area contributed by atoms with Gasteiger partial charge in [0.05, 0.1) is 24.9 Å². The van der Waals surface area contributed by atoms with Crippen LogP contribution in [0.25, 0.3) is 10.9 Å². The molecular weight excluding hydrogens is 452 g/mol. The SMILES string of the molecule is Cc1cccc(C=NNc2cc(N3CCOCC3)nc(Oc3ccc4nc(Cl)ccc4c3)n2)c1. The number of halogens is 1. The van der Waals surface area contributed by atoms with E-state index in [2.05, 4.69) is 36.4 Å². The average molecular weight is 475 g/mol. The molecule has 9 heteroatoms. The van der Waals surface area contributed by atoms with Gasteiger partial charge in [0.15, 0.2) is 5.82 Å². The van der Waals surface area contributed by atoms with Gasteiger partial charge in [-0.1, -0.05) is 41.4 Å². The fourth-order valence-corrected chi connectivity index (χ4v) is 3.80. The van der Waals surface area contributed by atoms with Crippen LogP contribution in [-0.2, 0) is 4.74 Å². The van der Waals surface area contributed by atoms with E-state index >= 15 is 0 Å². The Bertz CT molecular complexity index is 1340. The van der Waals surface area contributed by atoms with Gasteiger partial charge in [-0.15, -0.1) is 0 Å². The molecule has 34 heavy (non-hydrogen) atoms. The van der Waals surface area contributed by atoms with Crippen molar-refractivity contribution in [2.24, 2.45) is 5.10 Å². The van der Waals surface area contributed by atoms with Crippen LogP contribution in [-0.4, -0.2) is 47.5 Å². The highest BCUT2D eigenvalue weighted by Gasteiger charge is 2.16. The Morgan fingerprint density at radius 1 is 1.03 bits per heavy atom.